The van der Waals surface area contributed by atoms with Gasteiger partial charge in [0.1, 0.15) is 0 Å². The third-order valence-electron chi connectivity index (χ3n) is 7.45. The number of nitrogens with two attached hydrogens (primary N) is 3. The van der Waals surface area contributed by atoms with Crippen LogP contribution in [0.5, 0.6) is 0 Å². The van der Waals surface area contributed by atoms with E-state index in [1.165, 1.54) is 25.3 Å². The van der Waals surface area contributed by atoms with Crippen molar-refractivity contribution in [2.24, 2.45) is 35.0 Å². The summed E-state index contributed by atoms with van der Waals surface area (Å²) in [5, 5.41) is -0.0728. The number of ether oxygens (including phenoxy) is 1. The molecule has 1 aliphatic carbocycles. The first kappa shape index (κ1) is 32.0. The summed E-state index contributed by atoms with van der Waals surface area (Å²) >= 11 is 0. The highest BCUT2D eigenvalue weighted by Crippen LogP contribution is 2.41. The van der Waals surface area contributed by atoms with Crippen LogP contribution in [0, 0.1) is 17.8 Å². The van der Waals surface area contributed by atoms with E-state index >= 15 is 0 Å². The van der Waals surface area contributed by atoms with Gasteiger partial charge in [-0.1, -0.05) is 36.4 Å². The van der Waals surface area contributed by atoms with E-state index in [1.54, 1.807) is 30.3 Å². The molecule has 1 aromatic rings. The fourth-order valence-corrected chi connectivity index (χ4v) is 5.27. The molecule has 7 nitrogen and oxygen atoms in total. The highest BCUT2D eigenvalue weighted by Gasteiger charge is 2.43. The maximum atomic E-state index is 11.6. The van der Waals surface area contributed by atoms with E-state index < -0.39 is 16.4 Å². The van der Waals surface area contributed by atoms with Crippen LogP contribution >= 0.6 is 0 Å². The fourth-order valence-electron chi connectivity index (χ4n) is 5.27. The van der Waals surface area contributed by atoms with E-state index in [2.05, 4.69) is 10.2 Å². The van der Waals surface area contributed by atoms with E-state index in [0.29, 0.717) is 22.9 Å². The number of nitrogens with zero attached hydrogens (tertiary/aromatic N) is 1. The van der Waals surface area contributed by atoms with Crippen molar-refractivity contribution in [3.05, 3.63) is 47.8 Å². The van der Waals surface area contributed by atoms with E-state index in [4.69, 9.17) is 61.2 Å². The predicted octanol–water partition coefficient (Wildman–Crippen LogP) is 1.03. The lowest BCUT2D eigenvalue weighted by molar-refractivity contribution is -0.115. The zero-order valence-corrected chi connectivity index (χ0v) is 21.4. The molecule has 38 heavy (non-hydrogen) atoms. The lowest BCUT2D eigenvalue weighted by Gasteiger charge is -2.45. The molecule has 3 fully saturated rings. The van der Waals surface area contributed by atoms with Gasteiger partial charge in [0.05, 0.1) is 45.1 Å². The van der Waals surface area contributed by atoms with Crippen LogP contribution in [-0.2, 0) is 9.53 Å². The minimum Gasteiger partial charge on any atom is -0.398 e. The summed E-state index contributed by atoms with van der Waals surface area (Å²) in [5.74, 6) is 1.54. The second-order valence-electron chi connectivity index (χ2n) is 10.4. The number of hydrogen-bond donors (Lipinski definition) is 4. The Bertz CT molecular complexity index is 976. The first-order chi connectivity index (χ1) is 17.4. The van der Waals surface area contributed by atoms with Crippen LogP contribution in [0.25, 0.3) is 5.70 Å². The maximum Gasteiger partial charge on any atom is 0.205 e. The van der Waals surface area contributed by atoms with Crippen LogP contribution in [0.4, 0.5) is 5.69 Å². The van der Waals surface area contributed by atoms with Crippen LogP contribution in [-0.4, -0.2) is 81.7 Å². The van der Waals surface area contributed by atoms with E-state index in [1.807, 2.05) is 0 Å². The molecule has 1 aromatic carbocycles. The van der Waals surface area contributed by atoms with Gasteiger partial charge in [-0.2, -0.15) is 0 Å². The van der Waals surface area contributed by atoms with Gasteiger partial charge in [-0.05, 0) is 73.3 Å². The normalized spacial score (nSPS) is 22.4. The second-order valence-corrected chi connectivity index (χ2v) is 10.4. The molecule has 3 aliphatic rings. The Kier molecular flexibility index (Phi) is 11.6. The second kappa shape index (κ2) is 13.7. The molecular weight excluding hydrogens is 468 g/mol. The molecule has 1 saturated carbocycles. The predicted molar refractivity (Wildman–Crippen MR) is 161 cm³/mol. The van der Waals surface area contributed by atoms with Crippen molar-refractivity contribution in [3.8, 4) is 0 Å². The molecule has 2 aliphatic heterocycles. The molecule has 0 spiro atoms. The van der Waals surface area contributed by atoms with Gasteiger partial charge in [0.15, 0.2) is 0 Å². The van der Waals surface area contributed by atoms with Gasteiger partial charge in [0.25, 0.3) is 0 Å². The third kappa shape index (κ3) is 8.67. The van der Waals surface area contributed by atoms with Crippen molar-refractivity contribution in [1.82, 2.24) is 4.90 Å². The molecule has 2 heterocycles. The summed E-state index contributed by atoms with van der Waals surface area (Å²) in [7, 11) is 28.7. The number of rotatable bonds is 6. The van der Waals surface area contributed by atoms with Crippen molar-refractivity contribution in [2.75, 3.05) is 31.6 Å². The Morgan fingerprint density at radius 2 is 1.58 bits per heavy atom. The minimum atomic E-state index is -1.95. The Hall–Kier alpha value is -2.19. The number of allylic oxidation sites excluding steroid dienone is 2. The molecule has 2 atom stereocenters. The van der Waals surface area contributed by atoms with Crippen molar-refractivity contribution in [3.63, 3.8) is 0 Å². The van der Waals surface area contributed by atoms with Gasteiger partial charge in [-0.3, -0.25) is 4.79 Å². The Balaban J connectivity index is 0.000000262. The first-order valence-electron chi connectivity index (χ1n) is 12.8. The van der Waals surface area contributed by atoms with Crippen LogP contribution in [0.2, 0.25) is 5.11 Å². The molecule has 12 heteroatoms. The highest BCUT2D eigenvalue weighted by atomic mass is 16.5. The highest BCUT2D eigenvalue weighted by molar-refractivity contribution is 6.69. The van der Waals surface area contributed by atoms with Gasteiger partial charge in [0.2, 0.25) is 5.91 Å². The number of anilines is 1. The van der Waals surface area contributed by atoms with Crippen molar-refractivity contribution >= 4 is 56.5 Å². The lowest BCUT2D eigenvalue weighted by Crippen LogP contribution is -2.55. The Morgan fingerprint density at radius 1 is 0.974 bits per heavy atom. The Morgan fingerprint density at radius 3 is 2.13 bits per heavy atom. The van der Waals surface area contributed by atoms with Crippen molar-refractivity contribution in [2.45, 2.75) is 50.0 Å². The number of carbonyl (C=O) groups excluding carboxylic acids is 1. The van der Waals surface area contributed by atoms with Gasteiger partial charge in [0, 0.05) is 37.7 Å². The average Bonchev–Trinajstić information content (AvgIpc) is 3.46. The summed E-state index contributed by atoms with van der Waals surface area (Å²) in [6.07, 6.45) is 9.21. The van der Waals surface area contributed by atoms with Crippen LogP contribution in [0.3, 0.4) is 0 Å². The summed E-state index contributed by atoms with van der Waals surface area (Å²) in [5.41, 5.74) is 18.0. The standard InChI is InChI=1S/C13H21B2NO.C12H13B3N4O.CH4/c14-13(15,12-4-6-17-7-5-12)16-8-10-2-1-3-11(10)9-16;13-12(14,15)11(20)19-8-3-1-2-7(6-8)9(16)4-5-10(17)18;/h10-12H,1-9H2;1-6H,16-18H2,(H,19,20);1H4/b;9-4-;. The van der Waals surface area contributed by atoms with Crippen LogP contribution in [0.15, 0.2) is 42.2 Å². The third-order valence-corrected chi connectivity index (χ3v) is 7.45. The molecule has 0 aromatic heterocycles. The SMILES string of the molecule is C.[B]C([B])(C1CCOCC1)N1CC2CCCC2C1.[B]C([B])([B])C(=O)Nc1cccc(/C(N)=C/C=C(N)N)c1. The van der Waals surface area contributed by atoms with Gasteiger partial charge in [-0.15, -0.1) is 0 Å². The summed E-state index contributed by atoms with van der Waals surface area (Å²) in [6.45, 7) is 3.88. The molecule has 10 radical (unpaired) electrons. The molecule has 2 saturated heterocycles. The van der Waals surface area contributed by atoms with Gasteiger partial charge < -0.3 is 32.2 Å². The molecule has 194 valence electrons. The molecule has 1 amide bonds. The Labute approximate surface area is 235 Å². The number of benzene rings is 1. The number of likely N-dealkylation sites (tertiary alicyclic amines) is 1. The molecule has 7 N–H and O–H groups in total. The zero-order chi connectivity index (χ0) is 27.2. The fraction of sp³-hybridized carbons (Fsp3) is 0.577. The maximum absolute atomic E-state index is 11.6. The quantitative estimate of drug-likeness (QED) is 0.338. The number of amides is 1. The summed E-state index contributed by atoms with van der Waals surface area (Å²) in [4.78, 5) is 13.9. The monoisotopic (exact) mass is 507 g/mol. The molecule has 4 rings (SSSR count). The number of carbonyl (C=O) groups is 1. The van der Waals surface area contributed by atoms with E-state index in [0.717, 1.165) is 51.0 Å². The van der Waals surface area contributed by atoms with Gasteiger partial charge in [-0.25, -0.2) is 0 Å². The van der Waals surface area contributed by atoms with E-state index in [-0.39, 0.29) is 13.2 Å². The molecule has 0 bridgehead atoms. The lowest BCUT2D eigenvalue weighted by atomic mass is 9.42. The average molecular weight is 507 g/mol. The largest absolute Gasteiger partial charge is 0.398 e. The number of hydrogen-bond acceptors (Lipinski definition) is 6. The number of nitrogens with one attached hydrogen (secondary N) is 1. The smallest absolute Gasteiger partial charge is 0.205 e. The van der Waals surface area contributed by atoms with Crippen molar-refractivity contribution in [1.29, 1.82) is 0 Å². The molecular formula is C26H38B5N5O2. The minimum absolute atomic E-state index is 0. The summed E-state index contributed by atoms with van der Waals surface area (Å²) in [6, 6.07) is 6.73. The van der Waals surface area contributed by atoms with Crippen LogP contribution in [0.1, 0.15) is 45.1 Å². The molecule has 2 unspecified atom stereocenters. The zero-order valence-electron chi connectivity index (χ0n) is 21.4. The van der Waals surface area contributed by atoms with Crippen LogP contribution < -0.4 is 22.5 Å². The van der Waals surface area contributed by atoms with Gasteiger partial charge >= 0.3 is 0 Å². The first-order valence-corrected chi connectivity index (χ1v) is 12.8. The summed E-state index contributed by atoms with van der Waals surface area (Å²) < 4.78 is 5.40. The number of fused-ring (bicyclic) bond motifs is 1. The van der Waals surface area contributed by atoms with Crippen molar-refractivity contribution < 1.29 is 9.53 Å². The topological polar surface area (TPSA) is 120 Å². The van der Waals surface area contributed by atoms with E-state index in [9.17, 15) is 4.79 Å².